The van der Waals surface area contributed by atoms with Crippen LogP contribution in [0, 0.1) is 18.4 Å². The van der Waals surface area contributed by atoms with E-state index in [1.165, 1.54) is 5.56 Å². The zero-order chi connectivity index (χ0) is 20.4. The van der Waals surface area contributed by atoms with E-state index in [1.54, 1.807) is 0 Å². The van der Waals surface area contributed by atoms with E-state index < -0.39 is 8.07 Å². The van der Waals surface area contributed by atoms with Crippen molar-refractivity contribution < 1.29 is 4.74 Å². The molecule has 0 bridgehead atoms. The van der Waals surface area contributed by atoms with E-state index >= 15 is 0 Å². The van der Waals surface area contributed by atoms with Crippen molar-refractivity contribution >= 4 is 14.0 Å². The molecule has 1 aromatic carbocycles. The highest BCUT2D eigenvalue weighted by Gasteiger charge is 2.41. The van der Waals surface area contributed by atoms with Crippen LogP contribution in [0.2, 0.25) is 16.6 Å². The molecule has 1 aliphatic heterocycles. The highest BCUT2D eigenvalue weighted by atomic mass is 28.3. The molecule has 0 aromatic heterocycles. The van der Waals surface area contributed by atoms with Gasteiger partial charge in [0.1, 0.15) is 19.4 Å². The number of hydrogen-bond donors (Lipinski definition) is 0. The van der Waals surface area contributed by atoms with E-state index in [0.717, 1.165) is 11.3 Å². The van der Waals surface area contributed by atoms with E-state index in [2.05, 4.69) is 85.9 Å². The van der Waals surface area contributed by atoms with Gasteiger partial charge in [0.05, 0.1) is 0 Å². The normalized spacial score (nSPS) is 17.9. The van der Waals surface area contributed by atoms with Crippen LogP contribution in [0.25, 0.3) is 0 Å². The van der Waals surface area contributed by atoms with Crippen molar-refractivity contribution in [2.24, 2.45) is 4.99 Å². The molecule has 0 radical (unpaired) electrons. The van der Waals surface area contributed by atoms with Crippen LogP contribution in [-0.2, 0) is 4.74 Å². The van der Waals surface area contributed by atoms with Crippen LogP contribution in [0.15, 0.2) is 41.1 Å². The second-order valence-electron chi connectivity index (χ2n) is 9.07. The Morgan fingerprint density at radius 3 is 2.07 bits per heavy atom. The Morgan fingerprint density at radius 2 is 1.56 bits per heavy atom. The van der Waals surface area contributed by atoms with Crippen molar-refractivity contribution in [1.29, 1.82) is 0 Å². The summed E-state index contributed by atoms with van der Waals surface area (Å²) in [6, 6.07) is 8.21. The zero-order valence-corrected chi connectivity index (χ0v) is 19.5. The average Bonchev–Trinajstić information content (AvgIpc) is 2.85. The minimum atomic E-state index is -1.73. The molecule has 1 heterocycles. The summed E-state index contributed by atoms with van der Waals surface area (Å²) in [6.45, 7) is 20.3. The van der Waals surface area contributed by atoms with Crippen LogP contribution >= 0.6 is 0 Å². The lowest BCUT2D eigenvalue weighted by Gasteiger charge is -2.38. The molecule has 0 saturated heterocycles. The highest BCUT2D eigenvalue weighted by molar-refractivity contribution is 6.90. The summed E-state index contributed by atoms with van der Waals surface area (Å²) in [4.78, 5) is 4.82. The van der Waals surface area contributed by atoms with Gasteiger partial charge in [0.25, 0.3) is 0 Å². The van der Waals surface area contributed by atoms with Gasteiger partial charge in [-0.15, -0.1) is 5.54 Å². The van der Waals surface area contributed by atoms with Gasteiger partial charge in [0.2, 0.25) is 5.90 Å². The first-order valence-electron chi connectivity index (χ1n) is 10.1. The Kier molecular flexibility index (Phi) is 6.42. The topological polar surface area (TPSA) is 21.6 Å². The molecule has 1 aliphatic rings. The lowest BCUT2D eigenvalue weighted by Crippen LogP contribution is -2.43. The lowest BCUT2D eigenvalue weighted by molar-refractivity contribution is 0.382. The summed E-state index contributed by atoms with van der Waals surface area (Å²) in [7, 11) is -1.73. The van der Waals surface area contributed by atoms with Crippen molar-refractivity contribution in [3.05, 3.63) is 47.2 Å². The maximum absolute atomic E-state index is 6.16. The predicted molar refractivity (Wildman–Crippen MR) is 120 cm³/mol. The number of benzene rings is 1. The molecule has 0 atom stereocenters. The van der Waals surface area contributed by atoms with E-state index in [-0.39, 0.29) is 5.54 Å². The number of ether oxygens (including phenoxy) is 1. The fourth-order valence-corrected chi connectivity index (χ4v) is 9.54. The molecule has 0 amide bonds. The van der Waals surface area contributed by atoms with Crippen LogP contribution in [-0.4, -0.2) is 19.5 Å². The SMILES string of the molecule is Cc1ccccc1C1=NC(C)(C)/C(=C\C#C[Si](C(C)C)(C(C)C)C(C)C)O1. The standard InChI is InChI=1S/C24H35NOSi/c1-17(2)27(18(3)4,19(5)6)16-12-15-22-24(8,9)25-23(26-22)21-14-11-10-13-20(21)7/h10-11,13-15,17-19H,1-9H3/b22-15+. The van der Waals surface area contributed by atoms with Gasteiger partial charge in [-0.05, 0) is 49.0 Å². The second kappa shape index (κ2) is 8.06. The number of rotatable bonds is 4. The maximum atomic E-state index is 6.16. The molecule has 146 valence electrons. The van der Waals surface area contributed by atoms with Crippen LogP contribution in [0.1, 0.15) is 66.5 Å². The predicted octanol–water partition coefficient (Wildman–Crippen LogP) is 6.66. The summed E-state index contributed by atoms with van der Waals surface area (Å²) >= 11 is 0. The van der Waals surface area contributed by atoms with Crippen molar-refractivity contribution in [2.75, 3.05) is 0 Å². The number of hydrogen-bond acceptors (Lipinski definition) is 2. The Hall–Kier alpha value is -1.79. The smallest absolute Gasteiger partial charge is 0.222 e. The van der Waals surface area contributed by atoms with Gasteiger partial charge in [0, 0.05) is 11.6 Å². The van der Waals surface area contributed by atoms with Crippen LogP contribution in [0.4, 0.5) is 0 Å². The van der Waals surface area contributed by atoms with E-state index in [4.69, 9.17) is 9.73 Å². The summed E-state index contributed by atoms with van der Waals surface area (Å²) in [5, 5.41) is 0. The molecule has 2 nitrogen and oxygen atoms in total. The first kappa shape index (κ1) is 21.5. The first-order valence-corrected chi connectivity index (χ1v) is 12.3. The molecule has 1 aromatic rings. The molecule has 0 spiro atoms. The third-order valence-electron chi connectivity index (χ3n) is 5.92. The molecule has 0 unspecified atom stereocenters. The van der Waals surface area contributed by atoms with Crippen molar-refractivity contribution in [3.8, 4) is 11.5 Å². The van der Waals surface area contributed by atoms with Gasteiger partial charge in [-0.3, -0.25) is 0 Å². The molecule has 27 heavy (non-hydrogen) atoms. The number of aryl methyl sites for hydroxylation is 1. The first-order chi connectivity index (χ1) is 12.5. The summed E-state index contributed by atoms with van der Waals surface area (Å²) in [5.41, 5.74) is 7.46. The van der Waals surface area contributed by atoms with E-state index in [0.29, 0.717) is 22.5 Å². The molecule has 3 heteroatoms. The monoisotopic (exact) mass is 381 g/mol. The quantitative estimate of drug-likeness (QED) is 0.422. The minimum Gasteiger partial charge on any atom is -0.440 e. The average molecular weight is 382 g/mol. The molecule has 0 N–H and O–H groups in total. The van der Waals surface area contributed by atoms with Crippen molar-refractivity contribution in [2.45, 2.75) is 84.5 Å². The van der Waals surface area contributed by atoms with Crippen LogP contribution in [0.5, 0.6) is 0 Å². The summed E-state index contributed by atoms with van der Waals surface area (Å²) in [5.74, 6) is 4.95. The Labute approximate surface area is 167 Å². The fraction of sp³-hybridized carbons (Fsp3) is 0.542. The van der Waals surface area contributed by atoms with Gasteiger partial charge >= 0.3 is 0 Å². The maximum Gasteiger partial charge on any atom is 0.222 e. The van der Waals surface area contributed by atoms with Crippen molar-refractivity contribution in [1.82, 2.24) is 0 Å². The van der Waals surface area contributed by atoms with Crippen LogP contribution < -0.4 is 0 Å². The third-order valence-corrected chi connectivity index (χ3v) is 12.2. The third kappa shape index (κ3) is 4.22. The molecular weight excluding hydrogens is 346 g/mol. The van der Waals surface area contributed by atoms with Crippen LogP contribution in [0.3, 0.4) is 0 Å². The molecular formula is C24H35NOSi. The Morgan fingerprint density at radius 1 is 1.00 bits per heavy atom. The lowest BCUT2D eigenvalue weighted by atomic mass is 10.0. The van der Waals surface area contributed by atoms with Gasteiger partial charge in [0.15, 0.2) is 0 Å². The molecule has 0 fully saturated rings. The van der Waals surface area contributed by atoms with Gasteiger partial charge in [-0.1, -0.05) is 65.7 Å². The number of aliphatic imine (C=N–C) groups is 1. The Balaban J connectivity index is 2.37. The van der Waals surface area contributed by atoms with Gasteiger partial charge in [-0.2, -0.15) is 0 Å². The number of allylic oxidation sites excluding steroid dienone is 1. The summed E-state index contributed by atoms with van der Waals surface area (Å²) in [6.07, 6.45) is 1.96. The van der Waals surface area contributed by atoms with Gasteiger partial charge in [-0.25, -0.2) is 4.99 Å². The number of nitrogens with zero attached hydrogens (tertiary/aromatic N) is 1. The summed E-state index contributed by atoms with van der Waals surface area (Å²) < 4.78 is 6.16. The minimum absolute atomic E-state index is 0.385. The van der Waals surface area contributed by atoms with E-state index in [1.807, 2.05) is 18.2 Å². The molecule has 2 rings (SSSR count). The van der Waals surface area contributed by atoms with E-state index in [9.17, 15) is 0 Å². The fourth-order valence-electron chi connectivity index (χ4n) is 4.35. The largest absolute Gasteiger partial charge is 0.440 e. The molecule has 0 saturated carbocycles. The zero-order valence-electron chi connectivity index (χ0n) is 18.5. The van der Waals surface area contributed by atoms with Gasteiger partial charge < -0.3 is 4.74 Å². The van der Waals surface area contributed by atoms with Crippen molar-refractivity contribution in [3.63, 3.8) is 0 Å². The second-order valence-corrected chi connectivity index (χ2v) is 14.6. The Bertz CT molecular complexity index is 781. The molecule has 0 aliphatic carbocycles. The highest BCUT2D eigenvalue weighted by Crippen LogP contribution is 2.40.